The molecule has 5 unspecified atom stereocenters. The number of carbonyl (C=O) groups is 1. The summed E-state index contributed by atoms with van der Waals surface area (Å²) in [4.78, 5) is 12.1. The minimum Gasteiger partial charge on any atom is -0.462 e. The van der Waals surface area contributed by atoms with Crippen LogP contribution in [0.1, 0.15) is 21.5 Å². The van der Waals surface area contributed by atoms with Gasteiger partial charge in [-0.15, -0.1) is 0 Å². The molecule has 0 bridgehead atoms. The van der Waals surface area contributed by atoms with Crippen LogP contribution in [0.2, 0.25) is 0 Å². The van der Waals surface area contributed by atoms with E-state index in [0.29, 0.717) is 17.9 Å². The van der Waals surface area contributed by atoms with Gasteiger partial charge >= 0.3 is 0 Å². The summed E-state index contributed by atoms with van der Waals surface area (Å²) in [6.45, 7) is 1.96. The Morgan fingerprint density at radius 1 is 1.07 bits per heavy atom. The fraction of sp³-hybridized carbons (Fsp3) is 0.409. The van der Waals surface area contributed by atoms with Crippen molar-refractivity contribution in [2.45, 2.75) is 44.1 Å². The van der Waals surface area contributed by atoms with Crippen LogP contribution in [0, 0.1) is 6.92 Å². The fourth-order valence-electron chi connectivity index (χ4n) is 3.84. The van der Waals surface area contributed by atoms with E-state index in [4.69, 9.17) is 9.47 Å². The predicted octanol–water partition coefficient (Wildman–Crippen LogP) is 0.127. The normalized spacial score (nSPS) is 28.6. The number of hydrogen-bond acceptors (Lipinski definition) is 7. The van der Waals surface area contributed by atoms with Crippen LogP contribution in [0.3, 0.4) is 0 Å². The lowest BCUT2D eigenvalue weighted by atomic mass is 9.94. The Labute approximate surface area is 173 Å². The van der Waals surface area contributed by atoms with Crippen LogP contribution in [0.5, 0.6) is 5.75 Å². The third kappa shape index (κ3) is 3.80. The van der Waals surface area contributed by atoms with E-state index in [9.17, 15) is 25.2 Å². The molecule has 2 aliphatic heterocycles. The second kappa shape index (κ2) is 8.33. The Hall–Kier alpha value is -2.49. The summed E-state index contributed by atoms with van der Waals surface area (Å²) in [5.74, 6) is 0.358. The molecule has 30 heavy (non-hydrogen) atoms. The monoisotopic (exact) mass is 415 g/mol. The van der Waals surface area contributed by atoms with Crippen molar-refractivity contribution in [1.82, 2.24) is 5.32 Å². The van der Waals surface area contributed by atoms with Crippen LogP contribution in [0.15, 0.2) is 36.4 Å². The van der Waals surface area contributed by atoms with E-state index in [2.05, 4.69) is 5.32 Å². The molecule has 160 valence electrons. The van der Waals surface area contributed by atoms with Crippen LogP contribution >= 0.6 is 0 Å². The van der Waals surface area contributed by atoms with E-state index in [1.54, 1.807) is 6.07 Å². The minimum absolute atomic E-state index is 0.0719. The molecule has 2 aliphatic rings. The summed E-state index contributed by atoms with van der Waals surface area (Å²) in [5, 5.41) is 42.1. The van der Waals surface area contributed by atoms with E-state index < -0.39 is 37.3 Å². The summed E-state index contributed by atoms with van der Waals surface area (Å²) in [6.07, 6.45) is -5.86. The smallest absolute Gasteiger partial charge is 0.251 e. The van der Waals surface area contributed by atoms with E-state index >= 15 is 0 Å². The van der Waals surface area contributed by atoms with Crippen LogP contribution in [0.4, 0.5) is 0 Å². The number of rotatable bonds is 4. The van der Waals surface area contributed by atoms with Crippen molar-refractivity contribution in [3.05, 3.63) is 53.1 Å². The number of benzene rings is 2. The first-order chi connectivity index (χ1) is 14.4. The largest absolute Gasteiger partial charge is 0.462 e. The van der Waals surface area contributed by atoms with E-state index in [-0.39, 0.29) is 5.91 Å². The lowest BCUT2D eigenvalue weighted by Gasteiger charge is -2.39. The molecule has 1 fully saturated rings. The second-order valence-corrected chi connectivity index (χ2v) is 7.67. The topological polar surface area (TPSA) is 128 Å². The Kier molecular flexibility index (Phi) is 5.77. The van der Waals surface area contributed by atoms with Crippen LogP contribution in [-0.4, -0.2) is 70.2 Å². The first-order valence-corrected chi connectivity index (χ1v) is 9.88. The molecule has 2 aromatic rings. The summed E-state index contributed by atoms with van der Waals surface area (Å²) < 4.78 is 11.1. The van der Waals surface area contributed by atoms with E-state index in [1.807, 2.05) is 37.3 Å². The van der Waals surface area contributed by atoms with E-state index in [0.717, 1.165) is 28.7 Å². The van der Waals surface area contributed by atoms with Gasteiger partial charge < -0.3 is 35.2 Å². The molecule has 0 radical (unpaired) electrons. The molecule has 4 rings (SSSR count). The molecule has 0 saturated carbocycles. The highest BCUT2D eigenvalue weighted by atomic mass is 16.7. The number of hydrogen-bond donors (Lipinski definition) is 5. The number of amides is 1. The number of aryl methyl sites for hydroxylation is 1. The Morgan fingerprint density at radius 2 is 1.80 bits per heavy atom. The van der Waals surface area contributed by atoms with Gasteiger partial charge in [-0.1, -0.05) is 18.2 Å². The van der Waals surface area contributed by atoms with Gasteiger partial charge in [0, 0.05) is 12.1 Å². The van der Waals surface area contributed by atoms with Gasteiger partial charge in [-0.2, -0.15) is 0 Å². The lowest BCUT2D eigenvalue weighted by molar-refractivity contribution is -0.277. The van der Waals surface area contributed by atoms with Crippen molar-refractivity contribution in [2.24, 2.45) is 0 Å². The summed E-state index contributed by atoms with van der Waals surface area (Å²) in [6, 6.07) is 11.3. The molecule has 0 spiro atoms. The minimum atomic E-state index is -1.50. The number of carbonyl (C=O) groups excluding carboxylic acids is 1. The third-order valence-corrected chi connectivity index (χ3v) is 5.63. The average Bonchev–Trinajstić information content (AvgIpc) is 2.75. The van der Waals surface area contributed by atoms with Gasteiger partial charge in [0.15, 0.2) is 0 Å². The Morgan fingerprint density at radius 3 is 2.53 bits per heavy atom. The third-order valence-electron chi connectivity index (χ3n) is 5.63. The molecule has 1 amide bonds. The van der Waals surface area contributed by atoms with Crippen molar-refractivity contribution in [3.63, 3.8) is 0 Å². The zero-order valence-corrected chi connectivity index (χ0v) is 16.5. The molecule has 1 saturated heterocycles. The molecule has 0 aliphatic carbocycles. The molecular formula is C22H25NO7. The Balaban J connectivity index is 1.55. The first kappa shape index (κ1) is 20.8. The highest BCUT2D eigenvalue weighted by molar-refractivity contribution is 5.98. The van der Waals surface area contributed by atoms with Gasteiger partial charge in [-0.3, -0.25) is 4.79 Å². The lowest BCUT2D eigenvalue weighted by Crippen LogP contribution is -2.60. The average molecular weight is 415 g/mol. The number of aliphatic hydroxyl groups excluding tert-OH is 4. The number of aliphatic hydroxyl groups is 4. The molecule has 2 heterocycles. The number of nitrogens with one attached hydrogen (secondary N) is 1. The van der Waals surface area contributed by atoms with Gasteiger partial charge in [0.2, 0.25) is 6.29 Å². The summed E-state index contributed by atoms with van der Waals surface area (Å²) >= 11 is 0. The van der Waals surface area contributed by atoms with Gasteiger partial charge in [-0.05, 0) is 53.8 Å². The van der Waals surface area contributed by atoms with Gasteiger partial charge in [-0.25, -0.2) is 0 Å². The quantitative estimate of drug-likeness (QED) is 0.480. The van der Waals surface area contributed by atoms with Gasteiger partial charge in [0.05, 0.1) is 6.61 Å². The maximum absolute atomic E-state index is 12.1. The molecule has 5 atom stereocenters. The predicted molar refractivity (Wildman–Crippen MR) is 107 cm³/mol. The van der Waals surface area contributed by atoms with Crippen molar-refractivity contribution in [2.75, 3.05) is 13.2 Å². The van der Waals surface area contributed by atoms with Gasteiger partial charge in [0.1, 0.15) is 30.2 Å². The molecule has 8 nitrogen and oxygen atoms in total. The maximum atomic E-state index is 12.1. The fourth-order valence-corrected chi connectivity index (χ4v) is 3.84. The van der Waals surface area contributed by atoms with Crippen molar-refractivity contribution in [1.29, 1.82) is 0 Å². The second-order valence-electron chi connectivity index (χ2n) is 7.67. The Bertz CT molecular complexity index is 945. The van der Waals surface area contributed by atoms with Crippen molar-refractivity contribution < 1.29 is 34.7 Å². The molecular weight excluding hydrogens is 390 g/mol. The summed E-state index contributed by atoms with van der Waals surface area (Å²) in [5.41, 5.74) is 4.26. The number of ether oxygens (including phenoxy) is 2. The number of fused-ring (bicyclic) bond motifs is 1. The van der Waals surface area contributed by atoms with Crippen molar-refractivity contribution in [3.8, 4) is 16.9 Å². The molecule has 2 aromatic carbocycles. The SMILES string of the molecule is Cc1cc(-c2ccc3c(c2)C(=O)NCC3)ccc1OC1OC(CO)C(O)C(O)C1O. The highest BCUT2D eigenvalue weighted by Gasteiger charge is 2.44. The standard InChI is InChI=1S/C22H25NO7/c1-11-8-13(14-3-2-12-6-7-23-21(28)15(12)9-14)4-5-16(11)29-22-20(27)19(26)18(25)17(10-24)30-22/h2-5,8-9,17-20,22,24-27H,6-7,10H2,1H3,(H,23,28). The van der Waals surface area contributed by atoms with Crippen molar-refractivity contribution >= 4 is 5.91 Å². The first-order valence-electron chi connectivity index (χ1n) is 9.88. The zero-order valence-electron chi connectivity index (χ0n) is 16.5. The van der Waals surface area contributed by atoms with Gasteiger partial charge in [0.25, 0.3) is 5.91 Å². The van der Waals surface area contributed by atoms with E-state index in [1.165, 1.54) is 0 Å². The van der Waals surface area contributed by atoms with Crippen LogP contribution in [0.25, 0.3) is 11.1 Å². The zero-order chi connectivity index (χ0) is 21.4. The summed E-state index contributed by atoms with van der Waals surface area (Å²) in [7, 11) is 0. The molecule has 5 N–H and O–H groups in total. The maximum Gasteiger partial charge on any atom is 0.251 e. The highest BCUT2D eigenvalue weighted by Crippen LogP contribution is 2.31. The molecule has 0 aromatic heterocycles. The van der Waals surface area contributed by atoms with Crippen LogP contribution < -0.4 is 10.1 Å². The molecule has 8 heteroatoms. The van der Waals surface area contributed by atoms with Crippen LogP contribution in [-0.2, 0) is 11.2 Å².